The Morgan fingerprint density at radius 1 is 1.44 bits per heavy atom. The van der Waals surface area contributed by atoms with E-state index >= 15 is 0 Å². The van der Waals surface area contributed by atoms with Crippen molar-refractivity contribution in [3.05, 3.63) is 34.4 Å². The van der Waals surface area contributed by atoms with Crippen molar-refractivity contribution in [2.75, 3.05) is 4.72 Å². The second kappa shape index (κ2) is 4.75. The lowest BCUT2D eigenvalue weighted by atomic mass is 10.3. The summed E-state index contributed by atoms with van der Waals surface area (Å²) in [5, 5.41) is 9.27. The molecular formula is C10H9ClN2O3S2. The third kappa shape index (κ3) is 2.74. The highest BCUT2D eigenvalue weighted by molar-refractivity contribution is 7.94. The van der Waals surface area contributed by atoms with Gasteiger partial charge in [0, 0.05) is 6.07 Å². The van der Waals surface area contributed by atoms with Crippen molar-refractivity contribution in [1.29, 1.82) is 0 Å². The zero-order chi connectivity index (χ0) is 13.3. The van der Waals surface area contributed by atoms with Crippen LogP contribution in [0.2, 0.25) is 4.47 Å². The number of phenols is 1. The maximum Gasteiger partial charge on any atom is 0.273 e. The van der Waals surface area contributed by atoms with Crippen LogP contribution in [0, 0.1) is 6.92 Å². The number of nitrogens with one attached hydrogen (secondary N) is 1. The first-order valence-corrected chi connectivity index (χ1v) is 7.51. The molecule has 0 bridgehead atoms. The van der Waals surface area contributed by atoms with Crippen molar-refractivity contribution in [2.45, 2.75) is 11.1 Å². The summed E-state index contributed by atoms with van der Waals surface area (Å²) in [4.78, 5) is 3.85. The number of benzene rings is 1. The molecule has 0 fully saturated rings. The van der Waals surface area contributed by atoms with Gasteiger partial charge in [-0.3, -0.25) is 4.72 Å². The molecule has 0 aliphatic heterocycles. The van der Waals surface area contributed by atoms with Crippen LogP contribution in [0.15, 0.2) is 28.5 Å². The highest BCUT2D eigenvalue weighted by Gasteiger charge is 2.21. The maximum absolute atomic E-state index is 12.1. The minimum atomic E-state index is -3.73. The van der Waals surface area contributed by atoms with Crippen LogP contribution in [-0.2, 0) is 10.0 Å². The largest absolute Gasteiger partial charge is 0.508 e. The molecule has 2 aromatic rings. The fourth-order valence-corrected chi connectivity index (χ4v) is 4.16. The standard InChI is InChI=1S/C10H9ClN2O3S2/c1-6-9(17-10(11)12-6)18(15,16)13-7-3-2-4-8(14)5-7/h2-5,13-14H,1H3. The topological polar surface area (TPSA) is 79.3 Å². The Balaban J connectivity index is 2.36. The molecule has 0 saturated carbocycles. The molecule has 0 aliphatic rings. The van der Waals surface area contributed by atoms with E-state index in [1.54, 1.807) is 13.0 Å². The van der Waals surface area contributed by atoms with Crippen molar-refractivity contribution in [3.63, 3.8) is 0 Å². The fourth-order valence-electron chi connectivity index (χ4n) is 1.37. The van der Waals surface area contributed by atoms with Crippen molar-refractivity contribution in [2.24, 2.45) is 0 Å². The Bertz CT molecular complexity index is 682. The SMILES string of the molecule is Cc1nc(Cl)sc1S(=O)(=O)Nc1cccc(O)c1. The lowest BCUT2D eigenvalue weighted by Crippen LogP contribution is -2.12. The van der Waals surface area contributed by atoms with Gasteiger partial charge in [0.15, 0.2) is 8.68 Å². The fraction of sp³-hybridized carbons (Fsp3) is 0.100. The number of rotatable bonds is 3. The zero-order valence-electron chi connectivity index (χ0n) is 9.21. The van der Waals surface area contributed by atoms with Crippen molar-refractivity contribution in [3.8, 4) is 5.75 Å². The van der Waals surface area contributed by atoms with Crippen LogP contribution in [0.3, 0.4) is 0 Å². The van der Waals surface area contributed by atoms with Crippen LogP contribution in [0.4, 0.5) is 5.69 Å². The van der Waals surface area contributed by atoms with Gasteiger partial charge in [-0.15, -0.1) is 0 Å². The van der Waals surface area contributed by atoms with E-state index in [1.165, 1.54) is 18.2 Å². The van der Waals surface area contributed by atoms with Gasteiger partial charge < -0.3 is 5.11 Å². The third-order valence-corrected chi connectivity index (χ3v) is 5.32. The molecule has 0 atom stereocenters. The summed E-state index contributed by atoms with van der Waals surface area (Å²) in [6.45, 7) is 1.57. The number of thiazole rings is 1. The molecule has 1 aromatic carbocycles. The molecule has 0 spiro atoms. The smallest absolute Gasteiger partial charge is 0.273 e. The molecule has 0 unspecified atom stereocenters. The van der Waals surface area contributed by atoms with Gasteiger partial charge in [0.05, 0.1) is 11.4 Å². The predicted molar refractivity (Wildman–Crippen MR) is 70.8 cm³/mol. The van der Waals surface area contributed by atoms with Crippen LogP contribution in [-0.4, -0.2) is 18.5 Å². The second-order valence-corrected chi connectivity index (χ2v) is 6.95. The molecule has 2 N–H and O–H groups in total. The highest BCUT2D eigenvalue weighted by atomic mass is 35.5. The number of hydrogen-bond acceptors (Lipinski definition) is 5. The van der Waals surface area contributed by atoms with Gasteiger partial charge in [0.1, 0.15) is 5.75 Å². The number of hydrogen-bond donors (Lipinski definition) is 2. The number of phenolic OH excluding ortho intramolecular Hbond substituents is 1. The molecule has 0 saturated heterocycles. The normalized spacial score (nSPS) is 11.4. The maximum atomic E-state index is 12.1. The lowest BCUT2D eigenvalue weighted by Gasteiger charge is -2.06. The summed E-state index contributed by atoms with van der Waals surface area (Å²) in [5.41, 5.74) is 0.622. The first-order valence-electron chi connectivity index (χ1n) is 4.83. The Morgan fingerprint density at radius 3 is 2.72 bits per heavy atom. The third-order valence-electron chi connectivity index (χ3n) is 2.07. The quantitative estimate of drug-likeness (QED) is 0.913. The number of aromatic hydroxyl groups is 1. The van der Waals surface area contributed by atoms with Gasteiger partial charge in [0.2, 0.25) is 0 Å². The van der Waals surface area contributed by atoms with E-state index in [-0.39, 0.29) is 20.1 Å². The number of nitrogens with zero attached hydrogens (tertiary/aromatic N) is 1. The van der Waals surface area contributed by atoms with Gasteiger partial charge in [-0.25, -0.2) is 13.4 Å². The molecule has 18 heavy (non-hydrogen) atoms. The highest BCUT2D eigenvalue weighted by Crippen LogP contribution is 2.28. The molecule has 8 heteroatoms. The minimum absolute atomic E-state index is 0.0192. The molecular weight excluding hydrogens is 296 g/mol. The molecule has 0 amide bonds. The van der Waals surface area contributed by atoms with E-state index < -0.39 is 10.0 Å². The van der Waals surface area contributed by atoms with E-state index in [4.69, 9.17) is 11.6 Å². The number of anilines is 1. The Hall–Kier alpha value is -1.31. The van der Waals surface area contributed by atoms with Gasteiger partial charge in [-0.05, 0) is 19.1 Å². The monoisotopic (exact) mass is 304 g/mol. The van der Waals surface area contributed by atoms with E-state index in [0.717, 1.165) is 11.3 Å². The summed E-state index contributed by atoms with van der Waals surface area (Å²) in [7, 11) is -3.73. The number of halogens is 1. The van der Waals surface area contributed by atoms with Crippen LogP contribution < -0.4 is 4.72 Å². The molecule has 0 radical (unpaired) electrons. The number of sulfonamides is 1. The number of aromatic nitrogens is 1. The van der Waals surface area contributed by atoms with Crippen molar-refractivity contribution >= 4 is 38.6 Å². The second-order valence-electron chi connectivity index (χ2n) is 3.50. The van der Waals surface area contributed by atoms with Crippen molar-refractivity contribution in [1.82, 2.24) is 4.98 Å². The first kappa shape index (κ1) is 13.1. The van der Waals surface area contributed by atoms with Crippen molar-refractivity contribution < 1.29 is 13.5 Å². The zero-order valence-corrected chi connectivity index (χ0v) is 11.6. The molecule has 2 rings (SSSR count). The van der Waals surface area contributed by atoms with Gasteiger partial charge in [-0.2, -0.15) is 0 Å². The summed E-state index contributed by atoms with van der Waals surface area (Å²) >= 11 is 6.56. The van der Waals surface area contributed by atoms with E-state index in [0.29, 0.717) is 5.69 Å². The number of aryl methyl sites for hydroxylation is 1. The van der Waals surface area contributed by atoms with E-state index in [2.05, 4.69) is 9.71 Å². The molecule has 96 valence electrons. The Morgan fingerprint density at radius 2 is 2.17 bits per heavy atom. The predicted octanol–water partition coefficient (Wildman–Crippen LogP) is 2.61. The Kier molecular flexibility index (Phi) is 3.47. The average molecular weight is 305 g/mol. The molecule has 1 aromatic heterocycles. The lowest BCUT2D eigenvalue weighted by molar-refractivity contribution is 0.475. The van der Waals surface area contributed by atoms with Crippen LogP contribution in [0.5, 0.6) is 5.75 Å². The van der Waals surface area contributed by atoms with E-state index in [9.17, 15) is 13.5 Å². The summed E-state index contributed by atoms with van der Waals surface area (Å²) < 4.78 is 26.7. The first-order chi connectivity index (χ1) is 8.38. The van der Waals surface area contributed by atoms with Crippen LogP contribution in [0.25, 0.3) is 0 Å². The van der Waals surface area contributed by atoms with Crippen LogP contribution in [0.1, 0.15) is 5.69 Å². The molecule has 0 aliphatic carbocycles. The average Bonchev–Trinajstić information content (AvgIpc) is 2.58. The molecule has 5 nitrogen and oxygen atoms in total. The summed E-state index contributed by atoms with van der Waals surface area (Å²) in [5.74, 6) is -0.0192. The molecule has 1 heterocycles. The van der Waals surface area contributed by atoms with Gasteiger partial charge in [-0.1, -0.05) is 29.0 Å². The Labute approximate surface area is 113 Å². The van der Waals surface area contributed by atoms with E-state index in [1.807, 2.05) is 0 Å². The van der Waals surface area contributed by atoms with Gasteiger partial charge in [0.25, 0.3) is 10.0 Å². The van der Waals surface area contributed by atoms with Crippen LogP contribution >= 0.6 is 22.9 Å². The van der Waals surface area contributed by atoms with Gasteiger partial charge >= 0.3 is 0 Å². The summed E-state index contributed by atoms with van der Waals surface area (Å²) in [6, 6.07) is 5.84. The summed E-state index contributed by atoms with van der Waals surface area (Å²) in [6.07, 6.45) is 0. The minimum Gasteiger partial charge on any atom is -0.508 e.